The van der Waals surface area contributed by atoms with Gasteiger partial charge in [-0.25, -0.2) is 4.98 Å². The van der Waals surface area contributed by atoms with Crippen LogP contribution in [0.4, 0.5) is 11.5 Å². The van der Waals surface area contributed by atoms with E-state index in [1.54, 1.807) is 6.20 Å². The zero-order valence-electron chi connectivity index (χ0n) is 10.4. The Kier molecular flexibility index (Phi) is 3.74. The number of aromatic nitrogens is 1. The van der Waals surface area contributed by atoms with E-state index in [2.05, 4.69) is 28.6 Å². The lowest BCUT2D eigenvalue weighted by Crippen LogP contribution is -2.52. The summed E-state index contributed by atoms with van der Waals surface area (Å²) in [6.45, 7) is 8.65. The van der Waals surface area contributed by atoms with E-state index in [1.807, 2.05) is 6.07 Å². The fourth-order valence-corrected chi connectivity index (χ4v) is 2.36. The molecule has 1 fully saturated rings. The molecule has 0 aromatic carbocycles. The Hall–Kier alpha value is -1.00. The second-order valence-corrected chi connectivity index (χ2v) is 4.91. The molecule has 5 heteroatoms. The zero-order valence-corrected chi connectivity index (χ0v) is 11.1. The van der Waals surface area contributed by atoms with E-state index in [4.69, 9.17) is 17.3 Å². The molecule has 2 N–H and O–H groups in total. The molecule has 0 aliphatic carbocycles. The van der Waals surface area contributed by atoms with Gasteiger partial charge in [0.15, 0.2) is 0 Å². The van der Waals surface area contributed by atoms with E-state index >= 15 is 0 Å². The van der Waals surface area contributed by atoms with Crippen molar-refractivity contribution in [2.75, 3.05) is 36.8 Å². The summed E-state index contributed by atoms with van der Waals surface area (Å²) in [5.41, 5.74) is 6.42. The van der Waals surface area contributed by atoms with Crippen molar-refractivity contribution in [2.24, 2.45) is 0 Å². The van der Waals surface area contributed by atoms with Crippen molar-refractivity contribution in [3.8, 4) is 0 Å². The summed E-state index contributed by atoms with van der Waals surface area (Å²) < 4.78 is 0. The molecule has 1 aromatic heterocycles. The highest BCUT2D eigenvalue weighted by atomic mass is 35.5. The number of hydrogen-bond donors (Lipinski definition) is 1. The van der Waals surface area contributed by atoms with Gasteiger partial charge in [0, 0.05) is 37.9 Å². The maximum atomic E-state index is 5.89. The number of anilines is 2. The van der Waals surface area contributed by atoms with Crippen molar-refractivity contribution in [2.45, 2.75) is 19.9 Å². The first kappa shape index (κ1) is 12.5. The minimum absolute atomic E-state index is 0.455. The highest BCUT2D eigenvalue weighted by molar-refractivity contribution is 6.32. The standard InChI is InChI=1S/C12H19ClN4/c1-3-16-4-5-17(9(2)8-16)12-6-11(14)10(13)7-15-12/h6-7,9H,3-5,8H2,1-2H3,(H2,14,15)/t9-/m0/s1. The third kappa shape index (κ3) is 2.64. The smallest absolute Gasteiger partial charge is 0.130 e. The number of hydrogen-bond acceptors (Lipinski definition) is 4. The maximum Gasteiger partial charge on any atom is 0.130 e. The number of piperazine rings is 1. The van der Waals surface area contributed by atoms with E-state index in [1.165, 1.54) is 0 Å². The lowest BCUT2D eigenvalue weighted by molar-refractivity contribution is 0.239. The van der Waals surface area contributed by atoms with Gasteiger partial charge in [-0.2, -0.15) is 0 Å². The van der Waals surface area contributed by atoms with Gasteiger partial charge < -0.3 is 10.6 Å². The van der Waals surface area contributed by atoms with E-state index in [-0.39, 0.29) is 0 Å². The van der Waals surface area contributed by atoms with Crippen molar-refractivity contribution >= 4 is 23.1 Å². The number of nitrogens with two attached hydrogens (primary N) is 1. The van der Waals surface area contributed by atoms with E-state index in [9.17, 15) is 0 Å². The molecule has 94 valence electrons. The first-order valence-corrected chi connectivity index (χ1v) is 6.39. The van der Waals surface area contributed by atoms with Gasteiger partial charge in [0.1, 0.15) is 5.82 Å². The Morgan fingerprint density at radius 2 is 2.29 bits per heavy atom. The van der Waals surface area contributed by atoms with E-state index in [0.717, 1.165) is 32.0 Å². The average molecular weight is 255 g/mol. The van der Waals surface area contributed by atoms with E-state index in [0.29, 0.717) is 16.8 Å². The van der Waals surface area contributed by atoms with Crippen molar-refractivity contribution in [3.05, 3.63) is 17.3 Å². The maximum absolute atomic E-state index is 5.89. The SMILES string of the molecule is CCN1CCN(c2cc(N)c(Cl)cn2)[C@@H](C)C1. The quantitative estimate of drug-likeness (QED) is 0.875. The number of pyridine rings is 1. The van der Waals surface area contributed by atoms with Crippen molar-refractivity contribution < 1.29 is 0 Å². The number of likely N-dealkylation sites (N-methyl/N-ethyl adjacent to an activating group) is 1. The molecule has 0 saturated carbocycles. The summed E-state index contributed by atoms with van der Waals surface area (Å²) in [5, 5.41) is 0.522. The molecule has 2 heterocycles. The second-order valence-electron chi connectivity index (χ2n) is 4.50. The number of nitrogens with zero attached hydrogens (tertiary/aromatic N) is 3. The van der Waals surface area contributed by atoms with Crippen LogP contribution >= 0.6 is 11.6 Å². The molecule has 0 radical (unpaired) electrons. The van der Waals surface area contributed by atoms with Gasteiger partial charge >= 0.3 is 0 Å². The van der Waals surface area contributed by atoms with Crippen LogP contribution < -0.4 is 10.6 Å². The van der Waals surface area contributed by atoms with Crippen LogP contribution in [0.15, 0.2) is 12.3 Å². The molecule has 1 aliphatic rings. The Labute approximate surface area is 107 Å². The molecule has 4 nitrogen and oxygen atoms in total. The van der Waals surface area contributed by atoms with Crippen LogP contribution in [0, 0.1) is 0 Å². The van der Waals surface area contributed by atoms with Crippen LogP contribution in [0.2, 0.25) is 5.02 Å². The normalized spacial score (nSPS) is 21.8. The van der Waals surface area contributed by atoms with Gasteiger partial charge in [0.2, 0.25) is 0 Å². The third-order valence-corrected chi connectivity index (χ3v) is 3.64. The largest absolute Gasteiger partial charge is 0.397 e. The lowest BCUT2D eigenvalue weighted by Gasteiger charge is -2.40. The topological polar surface area (TPSA) is 45.4 Å². The van der Waals surface area contributed by atoms with Gasteiger partial charge in [-0.3, -0.25) is 4.90 Å². The summed E-state index contributed by atoms with van der Waals surface area (Å²) in [5.74, 6) is 0.926. The number of halogens is 1. The fourth-order valence-electron chi connectivity index (χ4n) is 2.26. The minimum Gasteiger partial charge on any atom is -0.397 e. The molecular formula is C12H19ClN4. The molecule has 1 atom stereocenters. The molecule has 1 saturated heterocycles. The highest BCUT2D eigenvalue weighted by Crippen LogP contribution is 2.24. The molecule has 0 unspecified atom stereocenters. The van der Waals surface area contributed by atoms with Crippen LogP contribution in [0.5, 0.6) is 0 Å². The minimum atomic E-state index is 0.455. The molecule has 0 spiro atoms. The molecule has 1 aliphatic heterocycles. The summed E-state index contributed by atoms with van der Waals surface area (Å²) in [6.07, 6.45) is 1.63. The molecule has 2 rings (SSSR count). The molecule has 0 bridgehead atoms. The Morgan fingerprint density at radius 1 is 1.53 bits per heavy atom. The predicted octanol–water partition coefficient (Wildman–Crippen LogP) is 1.85. The van der Waals surface area contributed by atoms with Gasteiger partial charge in [-0.1, -0.05) is 18.5 Å². The van der Waals surface area contributed by atoms with Crippen LogP contribution in [-0.4, -0.2) is 42.1 Å². The molecule has 0 amide bonds. The Bertz CT molecular complexity index is 396. The summed E-state index contributed by atoms with van der Waals surface area (Å²) >= 11 is 5.89. The fraction of sp³-hybridized carbons (Fsp3) is 0.583. The predicted molar refractivity (Wildman–Crippen MR) is 72.6 cm³/mol. The number of rotatable bonds is 2. The third-order valence-electron chi connectivity index (χ3n) is 3.32. The first-order valence-electron chi connectivity index (χ1n) is 6.01. The van der Waals surface area contributed by atoms with Crippen LogP contribution in [0.25, 0.3) is 0 Å². The van der Waals surface area contributed by atoms with Crippen molar-refractivity contribution in [3.63, 3.8) is 0 Å². The van der Waals surface area contributed by atoms with Crippen LogP contribution in [0.1, 0.15) is 13.8 Å². The van der Waals surface area contributed by atoms with Crippen LogP contribution in [-0.2, 0) is 0 Å². The average Bonchev–Trinajstić information content (AvgIpc) is 2.32. The van der Waals surface area contributed by atoms with Gasteiger partial charge in [-0.15, -0.1) is 0 Å². The number of nitrogen functional groups attached to an aromatic ring is 1. The van der Waals surface area contributed by atoms with Crippen molar-refractivity contribution in [1.29, 1.82) is 0 Å². The highest BCUT2D eigenvalue weighted by Gasteiger charge is 2.23. The van der Waals surface area contributed by atoms with Crippen molar-refractivity contribution in [1.82, 2.24) is 9.88 Å². The molecule has 1 aromatic rings. The second kappa shape index (κ2) is 5.10. The van der Waals surface area contributed by atoms with Gasteiger partial charge in [-0.05, 0) is 13.5 Å². The first-order chi connectivity index (χ1) is 8.11. The van der Waals surface area contributed by atoms with Gasteiger partial charge in [0.25, 0.3) is 0 Å². The lowest BCUT2D eigenvalue weighted by atomic mass is 10.2. The van der Waals surface area contributed by atoms with E-state index < -0.39 is 0 Å². The monoisotopic (exact) mass is 254 g/mol. The Morgan fingerprint density at radius 3 is 2.88 bits per heavy atom. The summed E-state index contributed by atoms with van der Waals surface area (Å²) in [4.78, 5) is 9.09. The molecule has 17 heavy (non-hydrogen) atoms. The summed E-state index contributed by atoms with van der Waals surface area (Å²) in [7, 11) is 0. The summed E-state index contributed by atoms with van der Waals surface area (Å²) in [6, 6.07) is 2.32. The molecular weight excluding hydrogens is 236 g/mol. The zero-order chi connectivity index (χ0) is 12.4. The van der Waals surface area contributed by atoms with Gasteiger partial charge in [0.05, 0.1) is 10.7 Å². The van der Waals surface area contributed by atoms with Crippen LogP contribution in [0.3, 0.4) is 0 Å². The Balaban J connectivity index is 2.14.